The number of carbonyl (C=O) groups is 3. The average molecular weight is 531 g/mol. The van der Waals surface area contributed by atoms with Crippen LogP contribution < -0.4 is 10.0 Å². The second-order valence-electron chi connectivity index (χ2n) is 8.67. The van der Waals surface area contributed by atoms with E-state index in [0.717, 1.165) is 10.5 Å². The molecule has 0 bridgehead atoms. The number of aromatic nitrogens is 1. The molecule has 4 aromatic rings. The minimum Gasteiger partial charge on any atom is -0.360 e. The summed E-state index contributed by atoms with van der Waals surface area (Å²) in [6, 6.07) is 21.3. The Labute approximate surface area is 218 Å². The summed E-state index contributed by atoms with van der Waals surface area (Å²) in [4.78, 5) is 40.7. The fraction of sp³-hybridized carbons (Fsp3) is 0.111. The zero-order chi connectivity index (χ0) is 26.9. The Balaban J connectivity index is 1.38. The summed E-state index contributed by atoms with van der Waals surface area (Å²) < 4.78 is 32.5. The quantitative estimate of drug-likeness (QED) is 0.332. The number of fused-ring (bicyclic) bond motifs is 1. The van der Waals surface area contributed by atoms with Crippen molar-refractivity contribution in [1.82, 2.24) is 10.1 Å². The van der Waals surface area contributed by atoms with Crippen LogP contribution in [0.4, 0.5) is 11.5 Å². The summed E-state index contributed by atoms with van der Waals surface area (Å²) in [6.07, 6.45) is 0.103. The molecule has 0 saturated heterocycles. The fourth-order valence-corrected chi connectivity index (χ4v) is 5.17. The minimum absolute atomic E-state index is 0.0459. The molecule has 11 heteroatoms. The van der Waals surface area contributed by atoms with Crippen LogP contribution in [0, 0.1) is 6.92 Å². The third kappa shape index (κ3) is 4.91. The van der Waals surface area contributed by atoms with E-state index in [4.69, 9.17) is 4.52 Å². The average Bonchev–Trinajstić information content (AvgIpc) is 3.42. The molecule has 0 aliphatic carbocycles. The van der Waals surface area contributed by atoms with Gasteiger partial charge in [0, 0.05) is 18.2 Å². The molecule has 0 saturated carbocycles. The highest BCUT2D eigenvalue weighted by Crippen LogP contribution is 2.27. The molecule has 0 spiro atoms. The number of imide groups is 1. The first-order valence-electron chi connectivity index (χ1n) is 11.6. The number of benzene rings is 3. The third-order valence-electron chi connectivity index (χ3n) is 6.01. The van der Waals surface area contributed by atoms with E-state index in [-0.39, 0.29) is 28.3 Å². The Morgan fingerprint density at radius 2 is 1.53 bits per heavy atom. The molecule has 3 amide bonds. The number of anilines is 2. The predicted molar refractivity (Wildman–Crippen MR) is 138 cm³/mol. The summed E-state index contributed by atoms with van der Waals surface area (Å²) in [7, 11) is -3.94. The molecular weight excluding hydrogens is 508 g/mol. The van der Waals surface area contributed by atoms with E-state index >= 15 is 0 Å². The van der Waals surface area contributed by atoms with Crippen molar-refractivity contribution in [2.24, 2.45) is 0 Å². The van der Waals surface area contributed by atoms with Crippen LogP contribution in [-0.4, -0.2) is 42.2 Å². The summed E-state index contributed by atoms with van der Waals surface area (Å²) in [5.74, 6) is -1.18. The number of nitrogens with one attached hydrogen (secondary N) is 2. The third-order valence-corrected chi connectivity index (χ3v) is 7.38. The summed E-state index contributed by atoms with van der Waals surface area (Å²) >= 11 is 0. The van der Waals surface area contributed by atoms with Crippen molar-refractivity contribution in [3.05, 3.63) is 107 Å². The Morgan fingerprint density at radius 3 is 2.11 bits per heavy atom. The van der Waals surface area contributed by atoms with Crippen LogP contribution in [0.25, 0.3) is 0 Å². The molecule has 5 rings (SSSR count). The SMILES string of the molecule is Cc1cc(NS(=O)(=O)c2ccc(NC(=O)[C@H](Cc3ccccc3)N3C(=O)c4ccccc4C3=O)cc2)no1. The Hall–Kier alpha value is -4.77. The van der Waals surface area contributed by atoms with Gasteiger partial charge in [0.2, 0.25) is 5.91 Å². The lowest BCUT2D eigenvalue weighted by Crippen LogP contribution is -2.48. The van der Waals surface area contributed by atoms with Gasteiger partial charge in [0.25, 0.3) is 21.8 Å². The maximum absolute atomic E-state index is 13.5. The monoisotopic (exact) mass is 530 g/mol. The number of amides is 3. The van der Waals surface area contributed by atoms with Crippen LogP contribution in [0.1, 0.15) is 32.0 Å². The first-order chi connectivity index (χ1) is 18.2. The standard InChI is InChI=1S/C27H22N4O6S/c1-17-15-24(29-37-17)30-38(35,36)20-13-11-19(12-14-20)28-25(32)23(16-18-7-3-2-4-8-18)31-26(33)21-9-5-6-10-22(21)27(31)34/h2-15,23H,16H2,1H3,(H,28,32)(H,29,30)/t23-/m0/s1. The van der Waals surface area contributed by atoms with Gasteiger partial charge in [-0.25, -0.2) is 8.42 Å². The van der Waals surface area contributed by atoms with E-state index in [1.165, 1.54) is 30.3 Å². The largest absolute Gasteiger partial charge is 0.360 e. The molecule has 1 aliphatic heterocycles. The normalized spacial score (nSPS) is 13.8. The van der Waals surface area contributed by atoms with Crippen LogP contribution in [0.5, 0.6) is 0 Å². The second-order valence-corrected chi connectivity index (χ2v) is 10.4. The zero-order valence-corrected chi connectivity index (χ0v) is 20.9. The molecular formula is C27H22N4O6S. The van der Waals surface area contributed by atoms with Gasteiger partial charge in [0.05, 0.1) is 16.0 Å². The van der Waals surface area contributed by atoms with Crippen molar-refractivity contribution in [3.8, 4) is 0 Å². The van der Waals surface area contributed by atoms with Crippen molar-refractivity contribution in [2.75, 3.05) is 10.0 Å². The molecule has 1 aromatic heterocycles. The Morgan fingerprint density at radius 1 is 0.921 bits per heavy atom. The molecule has 2 N–H and O–H groups in total. The molecule has 0 radical (unpaired) electrons. The van der Waals surface area contributed by atoms with E-state index in [1.54, 1.807) is 43.3 Å². The van der Waals surface area contributed by atoms with Gasteiger partial charge in [-0.1, -0.05) is 47.6 Å². The van der Waals surface area contributed by atoms with E-state index in [2.05, 4.69) is 15.2 Å². The molecule has 0 unspecified atom stereocenters. The van der Waals surface area contributed by atoms with Gasteiger partial charge < -0.3 is 9.84 Å². The first kappa shape index (κ1) is 24.9. The van der Waals surface area contributed by atoms with Crippen molar-refractivity contribution in [3.63, 3.8) is 0 Å². The van der Waals surface area contributed by atoms with Gasteiger partial charge in [-0.05, 0) is 48.9 Å². The highest BCUT2D eigenvalue weighted by atomic mass is 32.2. The number of nitrogens with zero attached hydrogens (tertiary/aromatic N) is 2. The molecule has 0 fully saturated rings. The molecule has 10 nitrogen and oxygen atoms in total. The molecule has 192 valence electrons. The van der Waals surface area contributed by atoms with E-state index in [0.29, 0.717) is 11.4 Å². The lowest BCUT2D eigenvalue weighted by Gasteiger charge is -2.25. The minimum atomic E-state index is -3.94. The van der Waals surface area contributed by atoms with Crippen molar-refractivity contribution in [2.45, 2.75) is 24.3 Å². The molecule has 38 heavy (non-hydrogen) atoms. The molecule has 1 atom stereocenters. The predicted octanol–water partition coefficient (Wildman–Crippen LogP) is 3.63. The zero-order valence-electron chi connectivity index (χ0n) is 20.1. The topological polar surface area (TPSA) is 139 Å². The van der Waals surface area contributed by atoms with E-state index in [9.17, 15) is 22.8 Å². The maximum Gasteiger partial charge on any atom is 0.263 e. The van der Waals surface area contributed by atoms with Crippen LogP contribution in [0.15, 0.2) is 94.3 Å². The first-order valence-corrected chi connectivity index (χ1v) is 13.1. The van der Waals surface area contributed by atoms with E-state index < -0.39 is 33.8 Å². The molecule has 1 aliphatic rings. The molecule has 2 heterocycles. The lowest BCUT2D eigenvalue weighted by atomic mass is 10.0. The highest BCUT2D eigenvalue weighted by Gasteiger charge is 2.42. The van der Waals surface area contributed by atoms with Crippen LogP contribution in [0.2, 0.25) is 0 Å². The van der Waals surface area contributed by atoms with Gasteiger partial charge in [-0.3, -0.25) is 24.0 Å². The number of rotatable bonds is 8. The summed E-state index contributed by atoms with van der Waals surface area (Å²) in [5.41, 5.74) is 1.54. The van der Waals surface area contributed by atoms with Gasteiger partial charge in [0.1, 0.15) is 11.8 Å². The fourth-order valence-electron chi connectivity index (χ4n) is 4.18. The maximum atomic E-state index is 13.5. The second kappa shape index (κ2) is 9.94. The van der Waals surface area contributed by atoms with Crippen LogP contribution >= 0.6 is 0 Å². The van der Waals surface area contributed by atoms with E-state index in [1.807, 2.05) is 18.2 Å². The van der Waals surface area contributed by atoms with Crippen LogP contribution in [-0.2, 0) is 21.2 Å². The lowest BCUT2D eigenvalue weighted by molar-refractivity contribution is -0.119. The number of sulfonamides is 1. The van der Waals surface area contributed by atoms with Gasteiger partial charge in [-0.2, -0.15) is 0 Å². The van der Waals surface area contributed by atoms with Gasteiger partial charge >= 0.3 is 0 Å². The number of hydrogen-bond acceptors (Lipinski definition) is 7. The summed E-state index contributed by atoms with van der Waals surface area (Å²) in [5, 5.41) is 6.33. The van der Waals surface area contributed by atoms with Gasteiger partial charge in [-0.15, -0.1) is 0 Å². The molecule has 3 aromatic carbocycles. The smallest absolute Gasteiger partial charge is 0.263 e. The van der Waals surface area contributed by atoms with Crippen molar-refractivity contribution >= 4 is 39.3 Å². The van der Waals surface area contributed by atoms with Crippen molar-refractivity contribution < 1.29 is 27.3 Å². The van der Waals surface area contributed by atoms with Crippen LogP contribution in [0.3, 0.4) is 0 Å². The Bertz CT molecular complexity index is 1600. The Kier molecular flexibility index (Phi) is 6.52. The number of aryl methyl sites for hydroxylation is 1. The number of carbonyl (C=O) groups excluding carboxylic acids is 3. The number of hydrogen-bond donors (Lipinski definition) is 2. The highest BCUT2D eigenvalue weighted by molar-refractivity contribution is 7.92. The van der Waals surface area contributed by atoms with Gasteiger partial charge in [0.15, 0.2) is 5.82 Å². The van der Waals surface area contributed by atoms with Crippen molar-refractivity contribution in [1.29, 1.82) is 0 Å². The summed E-state index contributed by atoms with van der Waals surface area (Å²) in [6.45, 7) is 1.63.